The van der Waals surface area contributed by atoms with Crippen LogP contribution < -0.4 is 5.32 Å². The van der Waals surface area contributed by atoms with E-state index in [4.69, 9.17) is 0 Å². The van der Waals surface area contributed by atoms with E-state index in [-0.39, 0.29) is 18.8 Å². The minimum absolute atomic E-state index is 0.0970. The standard InChI is InChI=1S/C14H20F3NO2/c1-3-13(8-19,9-20)18-10(2)11-6-4-5-7-12(11)14(15,16)17/h4-7,10,18-20H,3,8-9H2,1-2H3. The fourth-order valence-corrected chi connectivity index (χ4v) is 2.14. The first-order valence-electron chi connectivity index (χ1n) is 6.45. The Labute approximate surface area is 116 Å². The maximum Gasteiger partial charge on any atom is 0.416 e. The lowest BCUT2D eigenvalue weighted by Crippen LogP contribution is -2.52. The van der Waals surface area contributed by atoms with Gasteiger partial charge in [0, 0.05) is 6.04 Å². The largest absolute Gasteiger partial charge is 0.416 e. The van der Waals surface area contributed by atoms with E-state index in [0.717, 1.165) is 6.07 Å². The van der Waals surface area contributed by atoms with Gasteiger partial charge >= 0.3 is 6.18 Å². The molecule has 20 heavy (non-hydrogen) atoms. The van der Waals surface area contributed by atoms with Crippen LogP contribution in [0.5, 0.6) is 0 Å². The summed E-state index contributed by atoms with van der Waals surface area (Å²) in [5, 5.41) is 21.6. The van der Waals surface area contributed by atoms with Gasteiger partial charge in [0.05, 0.1) is 24.3 Å². The molecule has 0 heterocycles. The van der Waals surface area contributed by atoms with Gasteiger partial charge in [-0.2, -0.15) is 13.2 Å². The van der Waals surface area contributed by atoms with Crippen LogP contribution in [-0.4, -0.2) is 29.0 Å². The van der Waals surface area contributed by atoms with Gasteiger partial charge < -0.3 is 15.5 Å². The van der Waals surface area contributed by atoms with Crippen LogP contribution in [0.15, 0.2) is 24.3 Å². The van der Waals surface area contributed by atoms with E-state index in [9.17, 15) is 23.4 Å². The summed E-state index contributed by atoms with van der Waals surface area (Å²) in [6.07, 6.45) is -4.03. The third-order valence-electron chi connectivity index (χ3n) is 3.54. The van der Waals surface area contributed by atoms with Crippen LogP contribution in [0.2, 0.25) is 0 Å². The second kappa shape index (κ2) is 6.56. The van der Waals surface area contributed by atoms with E-state index in [1.807, 2.05) is 0 Å². The number of nitrogens with one attached hydrogen (secondary N) is 1. The van der Waals surface area contributed by atoms with Gasteiger partial charge in [-0.15, -0.1) is 0 Å². The van der Waals surface area contributed by atoms with E-state index in [2.05, 4.69) is 5.32 Å². The average Bonchev–Trinajstić information content (AvgIpc) is 2.44. The molecule has 1 atom stereocenters. The molecule has 1 aromatic rings. The molecule has 1 unspecified atom stereocenters. The van der Waals surface area contributed by atoms with E-state index in [1.165, 1.54) is 18.2 Å². The van der Waals surface area contributed by atoms with Gasteiger partial charge in [-0.05, 0) is 25.0 Å². The Bertz CT molecular complexity index is 422. The highest BCUT2D eigenvalue weighted by Gasteiger charge is 2.36. The summed E-state index contributed by atoms with van der Waals surface area (Å²) in [6, 6.07) is 4.65. The minimum atomic E-state index is -4.43. The first-order chi connectivity index (χ1) is 9.29. The van der Waals surface area contributed by atoms with Gasteiger partial charge in [-0.25, -0.2) is 0 Å². The first-order valence-corrected chi connectivity index (χ1v) is 6.45. The van der Waals surface area contributed by atoms with Crippen molar-refractivity contribution in [2.75, 3.05) is 13.2 Å². The molecule has 6 heteroatoms. The summed E-state index contributed by atoms with van der Waals surface area (Å²) in [6.45, 7) is 2.64. The van der Waals surface area contributed by atoms with Crippen molar-refractivity contribution in [3.05, 3.63) is 35.4 Å². The van der Waals surface area contributed by atoms with E-state index >= 15 is 0 Å². The molecule has 0 saturated heterocycles. The van der Waals surface area contributed by atoms with Gasteiger partial charge in [0.25, 0.3) is 0 Å². The molecule has 0 aliphatic rings. The first kappa shape index (κ1) is 16.9. The smallest absolute Gasteiger partial charge is 0.394 e. The van der Waals surface area contributed by atoms with Crippen molar-refractivity contribution in [2.24, 2.45) is 0 Å². The number of halogens is 3. The average molecular weight is 291 g/mol. The quantitative estimate of drug-likeness (QED) is 0.755. The number of rotatable bonds is 6. The zero-order valence-electron chi connectivity index (χ0n) is 11.5. The normalized spacial score (nSPS) is 14.3. The monoisotopic (exact) mass is 291 g/mol. The number of benzene rings is 1. The van der Waals surface area contributed by atoms with Crippen LogP contribution in [0.3, 0.4) is 0 Å². The number of alkyl halides is 3. The van der Waals surface area contributed by atoms with E-state index < -0.39 is 23.3 Å². The molecule has 0 spiro atoms. The fraction of sp³-hybridized carbons (Fsp3) is 0.571. The van der Waals surface area contributed by atoms with Gasteiger partial charge in [0.2, 0.25) is 0 Å². The van der Waals surface area contributed by atoms with Crippen molar-refractivity contribution < 1.29 is 23.4 Å². The summed E-state index contributed by atoms with van der Waals surface area (Å²) in [5.74, 6) is 0. The van der Waals surface area contributed by atoms with Crippen LogP contribution in [0.25, 0.3) is 0 Å². The Balaban J connectivity index is 3.07. The maximum absolute atomic E-state index is 13.0. The predicted octanol–water partition coefficient (Wildman–Crippen LogP) is 2.49. The third-order valence-corrected chi connectivity index (χ3v) is 3.54. The van der Waals surface area contributed by atoms with Crippen LogP contribution in [0.4, 0.5) is 13.2 Å². The van der Waals surface area contributed by atoms with Crippen LogP contribution >= 0.6 is 0 Å². The Morgan fingerprint density at radius 2 is 1.70 bits per heavy atom. The summed E-state index contributed by atoms with van der Waals surface area (Å²) in [5.41, 5.74) is -1.60. The van der Waals surface area contributed by atoms with Crippen molar-refractivity contribution in [3.8, 4) is 0 Å². The molecule has 0 aliphatic heterocycles. The molecular formula is C14H20F3NO2. The molecule has 0 saturated carbocycles. The molecule has 0 radical (unpaired) electrons. The lowest BCUT2D eigenvalue weighted by atomic mass is 9.94. The predicted molar refractivity (Wildman–Crippen MR) is 70.2 cm³/mol. The van der Waals surface area contributed by atoms with Gasteiger partial charge in [0.1, 0.15) is 0 Å². The summed E-state index contributed by atoms with van der Waals surface area (Å²) < 4.78 is 38.9. The second-order valence-electron chi connectivity index (χ2n) is 4.90. The fourth-order valence-electron chi connectivity index (χ4n) is 2.14. The highest BCUT2D eigenvalue weighted by atomic mass is 19.4. The lowest BCUT2D eigenvalue weighted by molar-refractivity contribution is -0.138. The molecule has 114 valence electrons. The van der Waals surface area contributed by atoms with Crippen molar-refractivity contribution in [1.29, 1.82) is 0 Å². The molecule has 1 aromatic carbocycles. The third kappa shape index (κ3) is 3.71. The molecule has 0 aliphatic carbocycles. The molecule has 0 aromatic heterocycles. The molecule has 3 nitrogen and oxygen atoms in total. The Kier molecular flexibility index (Phi) is 5.56. The van der Waals surface area contributed by atoms with Crippen molar-refractivity contribution in [3.63, 3.8) is 0 Å². The van der Waals surface area contributed by atoms with Crippen LogP contribution in [-0.2, 0) is 6.18 Å². The number of hydrogen-bond acceptors (Lipinski definition) is 3. The number of aliphatic hydroxyl groups excluding tert-OH is 2. The highest BCUT2D eigenvalue weighted by molar-refractivity contribution is 5.32. The molecule has 0 amide bonds. The van der Waals surface area contributed by atoms with Crippen LogP contribution in [0.1, 0.15) is 37.4 Å². The Morgan fingerprint density at radius 1 is 1.15 bits per heavy atom. The molecule has 1 rings (SSSR count). The second-order valence-corrected chi connectivity index (χ2v) is 4.90. The zero-order valence-corrected chi connectivity index (χ0v) is 11.5. The Hall–Kier alpha value is -1.11. The summed E-state index contributed by atoms with van der Waals surface area (Å²) in [7, 11) is 0. The van der Waals surface area contributed by atoms with Crippen molar-refractivity contribution in [1.82, 2.24) is 5.32 Å². The van der Waals surface area contributed by atoms with Crippen molar-refractivity contribution >= 4 is 0 Å². The van der Waals surface area contributed by atoms with E-state index in [0.29, 0.717) is 6.42 Å². The van der Waals surface area contributed by atoms with Crippen molar-refractivity contribution in [2.45, 2.75) is 38.0 Å². The minimum Gasteiger partial charge on any atom is -0.394 e. The summed E-state index contributed by atoms with van der Waals surface area (Å²) >= 11 is 0. The highest BCUT2D eigenvalue weighted by Crippen LogP contribution is 2.35. The van der Waals surface area contributed by atoms with Gasteiger partial charge in [0.15, 0.2) is 0 Å². The van der Waals surface area contributed by atoms with Crippen LogP contribution in [0, 0.1) is 0 Å². The lowest BCUT2D eigenvalue weighted by Gasteiger charge is -2.34. The number of aliphatic hydroxyl groups is 2. The Morgan fingerprint density at radius 3 is 2.15 bits per heavy atom. The molecular weight excluding hydrogens is 271 g/mol. The van der Waals surface area contributed by atoms with Gasteiger partial charge in [-0.1, -0.05) is 25.1 Å². The topological polar surface area (TPSA) is 52.5 Å². The van der Waals surface area contributed by atoms with E-state index in [1.54, 1.807) is 13.8 Å². The zero-order chi connectivity index (χ0) is 15.4. The molecule has 0 bridgehead atoms. The molecule has 0 fully saturated rings. The van der Waals surface area contributed by atoms with Gasteiger partial charge in [-0.3, -0.25) is 0 Å². The molecule has 3 N–H and O–H groups in total. The summed E-state index contributed by atoms with van der Waals surface area (Å²) in [4.78, 5) is 0. The maximum atomic E-state index is 13.0. The number of hydrogen-bond donors (Lipinski definition) is 3. The SMILES string of the molecule is CCC(CO)(CO)NC(C)c1ccccc1C(F)(F)F.